The van der Waals surface area contributed by atoms with Crippen molar-refractivity contribution in [1.29, 1.82) is 0 Å². The van der Waals surface area contributed by atoms with Crippen molar-refractivity contribution in [2.75, 3.05) is 20.0 Å². The fraction of sp³-hybridized carbons (Fsp3) is 0.200. The van der Waals surface area contributed by atoms with Crippen molar-refractivity contribution < 1.29 is 14.3 Å². The van der Waals surface area contributed by atoms with E-state index >= 15 is 0 Å². The lowest BCUT2D eigenvalue weighted by Crippen LogP contribution is -1.96. The van der Waals surface area contributed by atoms with Crippen molar-refractivity contribution in [3.8, 4) is 5.88 Å². The maximum absolute atomic E-state index is 10.9. The summed E-state index contributed by atoms with van der Waals surface area (Å²) in [5.41, 5.74) is 6.68. The topological polar surface area (TPSA) is 74.4 Å². The molecule has 80 valence electrons. The lowest BCUT2D eigenvalue weighted by atomic mass is 10.2. The van der Waals surface area contributed by atoms with Gasteiger partial charge in [-0.15, -0.1) is 0 Å². The molecule has 5 heteroatoms. The van der Waals surface area contributed by atoms with Gasteiger partial charge in [-0.25, -0.2) is 9.78 Å². The first-order valence-corrected chi connectivity index (χ1v) is 4.23. The van der Waals surface area contributed by atoms with Crippen molar-refractivity contribution in [3.05, 3.63) is 23.9 Å². The minimum Gasteiger partial charge on any atom is -0.481 e. The van der Waals surface area contributed by atoms with Crippen LogP contribution < -0.4 is 10.5 Å². The van der Waals surface area contributed by atoms with Gasteiger partial charge in [0.25, 0.3) is 0 Å². The minimum absolute atomic E-state index is 0.407. The van der Waals surface area contributed by atoms with E-state index in [2.05, 4.69) is 9.72 Å². The Kier molecular flexibility index (Phi) is 3.68. The quantitative estimate of drug-likeness (QED) is 0.589. The number of pyridine rings is 1. The number of hydrogen-bond acceptors (Lipinski definition) is 5. The molecule has 2 N–H and O–H groups in total. The van der Waals surface area contributed by atoms with Gasteiger partial charge in [0, 0.05) is 11.6 Å². The number of carbonyl (C=O) groups is 1. The number of hydrogen-bond donors (Lipinski definition) is 1. The monoisotopic (exact) mass is 208 g/mol. The fourth-order valence-electron chi connectivity index (χ4n) is 1.00. The highest BCUT2D eigenvalue weighted by Gasteiger charge is 2.02. The van der Waals surface area contributed by atoms with E-state index in [9.17, 15) is 4.79 Å². The van der Waals surface area contributed by atoms with Gasteiger partial charge in [-0.1, -0.05) is 0 Å². The molecule has 0 aliphatic rings. The highest BCUT2D eigenvalue weighted by Crippen LogP contribution is 2.18. The molecule has 1 aromatic heterocycles. The van der Waals surface area contributed by atoms with Crippen LogP contribution in [0.15, 0.2) is 18.3 Å². The molecule has 1 aromatic rings. The van der Waals surface area contributed by atoms with E-state index in [0.29, 0.717) is 17.1 Å². The van der Waals surface area contributed by atoms with Crippen LogP contribution in [0.1, 0.15) is 5.56 Å². The molecule has 15 heavy (non-hydrogen) atoms. The van der Waals surface area contributed by atoms with Crippen LogP contribution in [0, 0.1) is 0 Å². The molecule has 0 bridgehead atoms. The number of carbonyl (C=O) groups excluding carboxylic acids is 1. The maximum Gasteiger partial charge on any atom is 0.330 e. The predicted octanol–water partition coefficient (Wildman–Crippen LogP) is 0.859. The molecule has 1 rings (SSSR count). The summed E-state index contributed by atoms with van der Waals surface area (Å²) in [5, 5.41) is 0. The number of nitrogens with zero attached hydrogens (tertiary/aromatic N) is 1. The van der Waals surface area contributed by atoms with E-state index in [0.717, 1.165) is 0 Å². The molecule has 0 aliphatic heterocycles. The lowest BCUT2D eigenvalue weighted by Gasteiger charge is -2.03. The second kappa shape index (κ2) is 4.99. The van der Waals surface area contributed by atoms with E-state index in [1.165, 1.54) is 32.6 Å². The van der Waals surface area contributed by atoms with Crippen molar-refractivity contribution in [3.63, 3.8) is 0 Å². The zero-order valence-corrected chi connectivity index (χ0v) is 8.56. The third kappa shape index (κ3) is 2.98. The molecule has 0 fully saturated rings. The molecule has 0 amide bonds. The molecule has 0 aromatic carbocycles. The zero-order chi connectivity index (χ0) is 11.3. The van der Waals surface area contributed by atoms with Crippen LogP contribution in [0.4, 0.5) is 5.69 Å². The first kappa shape index (κ1) is 11.0. The molecular formula is C10H12N2O3. The second-order valence-corrected chi connectivity index (χ2v) is 2.72. The van der Waals surface area contributed by atoms with Gasteiger partial charge in [-0.3, -0.25) is 0 Å². The molecule has 0 atom stereocenters. The van der Waals surface area contributed by atoms with Gasteiger partial charge in [0.05, 0.1) is 26.1 Å². The van der Waals surface area contributed by atoms with Crippen LogP contribution in [-0.4, -0.2) is 25.2 Å². The van der Waals surface area contributed by atoms with Crippen molar-refractivity contribution >= 4 is 17.7 Å². The maximum atomic E-state index is 10.9. The molecular weight excluding hydrogens is 196 g/mol. The Morgan fingerprint density at radius 1 is 1.53 bits per heavy atom. The summed E-state index contributed by atoms with van der Waals surface area (Å²) in [4.78, 5) is 14.8. The molecule has 0 aliphatic carbocycles. The van der Waals surface area contributed by atoms with Crippen LogP contribution in [0.25, 0.3) is 6.08 Å². The first-order valence-electron chi connectivity index (χ1n) is 4.23. The third-order valence-corrected chi connectivity index (χ3v) is 1.69. The largest absolute Gasteiger partial charge is 0.481 e. The SMILES string of the molecule is COC(=O)C=Cc1cc(N)cnc1OC. The highest BCUT2D eigenvalue weighted by atomic mass is 16.5. The molecule has 0 saturated carbocycles. The zero-order valence-electron chi connectivity index (χ0n) is 8.56. The van der Waals surface area contributed by atoms with E-state index < -0.39 is 5.97 Å². The van der Waals surface area contributed by atoms with Gasteiger partial charge in [-0.05, 0) is 12.1 Å². The van der Waals surface area contributed by atoms with E-state index in [1.54, 1.807) is 6.07 Å². The number of ether oxygens (including phenoxy) is 2. The number of nitrogen functional groups attached to an aromatic ring is 1. The average molecular weight is 208 g/mol. The highest BCUT2D eigenvalue weighted by molar-refractivity contribution is 5.87. The summed E-state index contributed by atoms with van der Waals surface area (Å²) in [6.07, 6.45) is 4.29. The molecule has 0 saturated heterocycles. The van der Waals surface area contributed by atoms with Gasteiger partial charge < -0.3 is 15.2 Å². The average Bonchev–Trinajstić information content (AvgIpc) is 2.26. The number of rotatable bonds is 3. The van der Waals surface area contributed by atoms with Crippen molar-refractivity contribution in [2.45, 2.75) is 0 Å². The Morgan fingerprint density at radius 3 is 2.87 bits per heavy atom. The number of nitrogens with two attached hydrogens (primary N) is 1. The van der Waals surface area contributed by atoms with Gasteiger partial charge in [-0.2, -0.15) is 0 Å². The number of methoxy groups -OCH3 is 2. The van der Waals surface area contributed by atoms with Gasteiger partial charge in [0.2, 0.25) is 5.88 Å². The number of anilines is 1. The van der Waals surface area contributed by atoms with E-state index in [-0.39, 0.29) is 0 Å². The number of esters is 1. The van der Waals surface area contributed by atoms with Crippen LogP contribution in [0.2, 0.25) is 0 Å². The Hall–Kier alpha value is -2.04. The summed E-state index contributed by atoms with van der Waals surface area (Å²) < 4.78 is 9.45. The summed E-state index contributed by atoms with van der Waals surface area (Å²) in [6.45, 7) is 0. The number of aromatic nitrogens is 1. The summed E-state index contributed by atoms with van der Waals surface area (Å²) in [7, 11) is 2.80. The molecule has 0 spiro atoms. The van der Waals surface area contributed by atoms with Crippen molar-refractivity contribution in [2.24, 2.45) is 0 Å². The fourth-order valence-corrected chi connectivity index (χ4v) is 1.00. The van der Waals surface area contributed by atoms with Gasteiger partial charge >= 0.3 is 5.97 Å². The summed E-state index contributed by atoms with van der Waals surface area (Å²) in [5.74, 6) is -0.0381. The Bertz CT molecular complexity index is 388. The Morgan fingerprint density at radius 2 is 2.27 bits per heavy atom. The van der Waals surface area contributed by atoms with Gasteiger partial charge in [0.1, 0.15) is 0 Å². The van der Waals surface area contributed by atoms with Gasteiger partial charge in [0.15, 0.2) is 0 Å². The smallest absolute Gasteiger partial charge is 0.330 e. The normalized spacial score (nSPS) is 10.3. The molecule has 0 radical (unpaired) electrons. The predicted molar refractivity (Wildman–Crippen MR) is 56.3 cm³/mol. The third-order valence-electron chi connectivity index (χ3n) is 1.69. The summed E-state index contributed by atoms with van der Waals surface area (Å²) in [6, 6.07) is 1.66. The minimum atomic E-state index is -0.445. The molecule has 1 heterocycles. The molecule has 0 unspecified atom stereocenters. The van der Waals surface area contributed by atoms with Crippen LogP contribution in [-0.2, 0) is 9.53 Å². The first-order chi connectivity index (χ1) is 7.17. The van der Waals surface area contributed by atoms with E-state index in [1.807, 2.05) is 0 Å². The second-order valence-electron chi connectivity index (χ2n) is 2.72. The van der Waals surface area contributed by atoms with Crippen LogP contribution in [0.5, 0.6) is 5.88 Å². The lowest BCUT2D eigenvalue weighted by molar-refractivity contribution is -0.134. The van der Waals surface area contributed by atoms with E-state index in [4.69, 9.17) is 10.5 Å². The van der Waals surface area contributed by atoms with Crippen LogP contribution >= 0.6 is 0 Å². The van der Waals surface area contributed by atoms with Crippen molar-refractivity contribution in [1.82, 2.24) is 4.98 Å². The van der Waals surface area contributed by atoms with Crippen LogP contribution in [0.3, 0.4) is 0 Å². The molecule has 5 nitrogen and oxygen atoms in total. The Labute approximate surface area is 87.5 Å². The standard InChI is InChI=1S/C10H12N2O3/c1-14-9(13)4-3-7-5-8(11)6-12-10(7)15-2/h3-6H,11H2,1-2H3. The Balaban J connectivity index is 2.96. The summed E-state index contributed by atoms with van der Waals surface area (Å²) >= 11 is 0.